The summed E-state index contributed by atoms with van der Waals surface area (Å²) >= 11 is 0. The van der Waals surface area contributed by atoms with Crippen molar-refractivity contribution in [1.29, 1.82) is 0 Å². The summed E-state index contributed by atoms with van der Waals surface area (Å²) < 4.78 is 2.48. The van der Waals surface area contributed by atoms with Crippen LogP contribution in [0.5, 0.6) is 0 Å². The highest BCUT2D eigenvalue weighted by atomic mass is 28.3. The largest absolute Gasteiger partial charge is 0.331 e. The fraction of sp³-hybridized carbons (Fsp3) is 1.00. The van der Waals surface area contributed by atoms with Crippen LogP contribution in [0.15, 0.2) is 0 Å². The van der Waals surface area contributed by atoms with Gasteiger partial charge in [-0.25, -0.2) is 0 Å². The van der Waals surface area contributed by atoms with Crippen LogP contribution < -0.4 is 0 Å². The molecular formula is C8H21NSi. The van der Waals surface area contributed by atoms with Gasteiger partial charge in [-0.2, -0.15) is 0 Å². The molecule has 0 fully saturated rings. The maximum Gasteiger partial charge on any atom is 0.111 e. The summed E-state index contributed by atoms with van der Waals surface area (Å²) in [4.78, 5) is 0. The minimum absolute atomic E-state index is 0.474. The Morgan fingerprint density at radius 2 is 1.40 bits per heavy atom. The van der Waals surface area contributed by atoms with Crippen LogP contribution in [0.25, 0.3) is 0 Å². The number of nitrogens with zero attached hydrogens (tertiary/aromatic N) is 1. The molecule has 0 heterocycles. The predicted molar refractivity (Wildman–Crippen MR) is 51.0 cm³/mol. The van der Waals surface area contributed by atoms with E-state index in [2.05, 4.69) is 32.5 Å². The third-order valence-electron chi connectivity index (χ3n) is 1.97. The van der Waals surface area contributed by atoms with E-state index in [4.69, 9.17) is 0 Å². The summed E-state index contributed by atoms with van der Waals surface area (Å²) in [6, 6.07) is 2.97. The first-order chi connectivity index (χ1) is 4.72. The van der Waals surface area contributed by atoms with Gasteiger partial charge in [-0.05, 0) is 26.2 Å². The van der Waals surface area contributed by atoms with Crippen molar-refractivity contribution in [3.8, 4) is 0 Å². The van der Waals surface area contributed by atoms with Crippen molar-refractivity contribution in [3.63, 3.8) is 0 Å². The lowest BCUT2D eigenvalue weighted by atomic mass is 10.6. The van der Waals surface area contributed by atoms with E-state index in [1.807, 2.05) is 0 Å². The van der Waals surface area contributed by atoms with E-state index < -0.39 is 8.96 Å². The molecular weight excluding hydrogens is 138 g/mol. The van der Waals surface area contributed by atoms with Gasteiger partial charge in [-0.1, -0.05) is 26.7 Å². The van der Waals surface area contributed by atoms with E-state index in [-0.39, 0.29) is 0 Å². The normalized spacial score (nSPS) is 11.4. The van der Waals surface area contributed by atoms with E-state index >= 15 is 0 Å². The first-order valence-electron chi connectivity index (χ1n) is 4.38. The highest BCUT2D eigenvalue weighted by Crippen LogP contribution is 2.07. The third-order valence-corrected chi connectivity index (χ3v) is 5.92. The Balaban J connectivity index is 3.50. The van der Waals surface area contributed by atoms with Crippen LogP contribution in [0.1, 0.15) is 26.7 Å². The molecule has 0 N–H and O–H groups in total. The zero-order valence-electron chi connectivity index (χ0n) is 7.85. The second-order valence-corrected chi connectivity index (χ2v) is 6.69. The summed E-state index contributed by atoms with van der Waals surface area (Å²) in [5, 5.41) is 0. The zero-order chi connectivity index (χ0) is 7.98. The molecule has 0 saturated carbocycles. The standard InChI is InChI=1S/C8H21NSi/c1-5-7-10(8-6-2)9(3)4/h10H,5-8H2,1-4H3. The Kier molecular flexibility index (Phi) is 6.03. The Hall–Kier alpha value is 0.177. The fourth-order valence-electron chi connectivity index (χ4n) is 1.33. The summed E-state index contributed by atoms with van der Waals surface area (Å²) in [6.45, 7) is 4.58. The molecule has 10 heavy (non-hydrogen) atoms. The van der Waals surface area contributed by atoms with Gasteiger partial charge in [0, 0.05) is 0 Å². The SMILES string of the molecule is CCC[SiH](CCC)N(C)C. The van der Waals surface area contributed by atoms with Crippen molar-refractivity contribution in [2.45, 2.75) is 38.8 Å². The van der Waals surface area contributed by atoms with Gasteiger partial charge in [-0.15, -0.1) is 0 Å². The topological polar surface area (TPSA) is 3.24 Å². The Morgan fingerprint density at radius 3 is 1.60 bits per heavy atom. The Labute approximate surface area is 67.1 Å². The molecule has 0 aliphatic rings. The van der Waals surface area contributed by atoms with E-state index in [0.717, 1.165) is 0 Å². The molecule has 0 rings (SSSR count). The molecule has 0 saturated heterocycles. The molecule has 0 atom stereocenters. The summed E-state index contributed by atoms with van der Waals surface area (Å²) in [5.74, 6) is 0. The molecule has 0 aliphatic carbocycles. The number of hydrogen-bond donors (Lipinski definition) is 0. The van der Waals surface area contributed by atoms with Gasteiger partial charge in [0.15, 0.2) is 0 Å². The van der Waals surface area contributed by atoms with Crippen molar-refractivity contribution < 1.29 is 0 Å². The maximum absolute atomic E-state index is 2.48. The van der Waals surface area contributed by atoms with Crippen LogP contribution in [-0.2, 0) is 0 Å². The lowest BCUT2D eigenvalue weighted by Crippen LogP contribution is -2.31. The summed E-state index contributed by atoms with van der Waals surface area (Å²) in [5.41, 5.74) is 0. The minimum Gasteiger partial charge on any atom is -0.331 e. The average molecular weight is 159 g/mol. The van der Waals surface area contributed by atoms with E-state index in [1.54, 1.807) is 0 Å². The number of rotatable bonds is 5. The maximum atomic E-state index is 2.48. The van der Waals surface area contributed by atoms with Crippen molar-refractivity contribution in [3.05, 3.63) is 0 Å². The second kappa shape index (κ2) is 5.92. The van der Waals surface area contributed by atoms with Crippen LogP contribution in [0.2, 0.25) is 12.1 Å². The molecule has 1 nitrogen and oxygen atoms in total. The molecule has 0 aliphatic heterocycles. The number of hydrogen-bond acceptors (Lipinski definition) is 1. The molecule has 0 unspecified atom stereocenters. The van der Waals surface area contributed by atoms with E-state index in [9.17, 15) is 0 Å². The Morgan fingerprint density at radius 1 is 1.00 bits per heavy atom. The lowest BCUT2D eigenvalue weighted by Gasteiger charge is -2.21. The molecule has 0 spiro atoms. The molecule has 2 heteroatoms. The van der Waals surface area contributed by atoms with Crippen LogP contribution in [0.4, 0.5) is 0 Å². The lowest BCUT2D eigenvalue weighted by molar-refractivity contribution is 0.624. The molecule has 0 amide bonds. The zero-order valence-corrected chi connectivity index (χ0v) is 9.01. The quantitative estimate of drug-likeness (QED) is 0.555. The fourth-order valence-corrected chi connectivity index (χ4v) is 3.98. The molecule has 0 aromatic rings. The highest BCUT2D eigenvalue weighted by molar-refractivity contribution is 6.55. The minimum atomic E-state index is -0.474. The first kappa shape index (κ1) is 10.2. The van der Waals surface area contributed by atoms with Crippen LogP contribution in [0, 0.1) is 0 Å². The van der Waals surface area contributed by atoms with Gasteiger partial charge >= 0.3 is 0 Å². The molecule has 0 bridgehead atoms. The van der Waals surface area contributed by atoms with E-state index in [0.29, 0.717) is 0 Å². The smallest absolute Gasteiger partial charge is 0.111 e. The van der Waals surface area contributed by atoms with Crippen molar-refractivity contribution >= 4 is 8.96 Å². The van der Waals surface area contributed by atoms with E-state index in [1.165, 1.54) is 24.9 Å². The van der Waals surface area contributed by atoms with Crippen molar-refractivity contribution in [1.82, 2.24) is 4.57 Å². The van der Waals surface area contributed by atoms with Crippen molar-refractivity contribution in [2.24, 2.45) is 0 Å². The molecule has 62 valence electrons. The Bertz CT molecular complexity index is 67.7. The van der Waals surface area contributed by atoms with Gasteiger partial charge in [0.05, 0.1) is 0 Å². The third kappa shape index (κ3) is 4.07. The monoisotopic (exact) mass is 159 g/mol. The van der Waals surface area contributed by atoms with Gasteiger partial charge < -0.3 is 4.57 Å². The van der Waals surface area contributed by atoms with Crippen LogP contribution in [0.3, 0.4) is 0 Å². The molecule has 0 aromatic heterocycles. The highest BCUT2D eigenvalue weighted by Gasteiger charge is 2.09. The summed E-state index contributed by atoms with van der Waals surface area (Å²) in [7, 11) is 4.00. The summed E-state index contributed by atoms with van der Waals surface area (Å²) in [6.07, 6.45) is 2.74. The second-order valence-electron chi connectivity index (χ2n) is 3.19. The van der Waals surface area contributed by atoms with Gasteiger partial charge in [-0.3, -0.25) is 0 Å². The average Bonchev–Trinajstić information content (AvgIpc) is 1.87. The van der Waals surface area contributed by atoms with Gasteiger partial charge in [0.1, 0.15) is 8.96 Å². The van der Waals surface area contributed by atoms with Gasteiger partial charge in [0.25, 0.3) is 0 Å². The first-order valence-corrected chi connectivity index (χ1v) is 6.53. The van der Waals surface area contributed by atoms with Crippen LogP contribution in [-0.4, -0.2) is 27.6 Å². The van der Waals surface area contributed by atoms with Crippen molar-refractivity contribution in [2.75, 3.05) is 14.1 Å². The predicted octanol–water partition coefficient (Wildman–Crippen LogP) is 2.09. The molecule has 0 radical (unpaired) electrons. The van der Waals surface area contributed by atoms with Gasteiger partial charge in [0.2, 0.25) is 0 Å². The molecule has 0 aromatic carbocycles. The van der Waals surface area contributed by atoms with Crippen LogP contribution >= 0.6 is 0 Å².